The minimum Gasteiger partial charge on any atom is -0.398 e. The van der Waals surface area contributed by atoms with Crippen LogP contribution in [0, 0.1) is 5.82 Å². The molecule has 1 aliphatic rings. The topological polar surface area (TPSA) is 46.3 Å². The number of benzene rings is 1. The lowest BCUT2D eigenvalue weighted by Crippen LogP contribution is -2.35. The van der Waals surface area contributed by atoms with Gasteiger partial charge in [-0.05, 0) is 37.5 Å². The molecule has 2 rings (SSSR count). The zero-order valence-corrected chi connectivity index (χ0v) is 9.95. The van der Waals surface area contributed by atoms with Crippen molar-refractivity contribution in [3.05, 3.63) is 29.6 Å². The second-order valence-corrected chi connectivity index (χ2v) is 4.43. The first-order valence-corrected chi connectivity index (χ1v) is 5.99. The van der Waals surface area contributed by atoms with E-state index in [1.54, 1.807) is 0 Å². The van der Waals surface area contributed by atoms with E-state index >= 15 is 0 Å². The number of nitrogens with two attached hydrogens (primary N) is 1. The third kappa shape index (κ3) is 2.25. The number of nitrogen functional groups attached to an aromatic ring is 1. The molecule has 1 aromatic rings. The third-order valence-electron chi connectivity index (χ3n) is 3.35. The van der Waals surface area contributed by atoms with E-state index in [0.717, 1.165) is 25.8 Å². The van der Waals surface area contributed by atoms with Crippen molar-refractivity contribution in [1.82, 2.24) is 4.90 Å². The quantitative estimate of drug-likeness (QED) is 0.801. The van der Waals surface area contributed by atoms with Crippen LogP contribution >= 0.6 is 0 Å². The van der Waals surface area contributed by atoms with Crippen LogP contribution in [-0.2, 0) is 0 Å². The predicted octanol–water partition coefficient (Wildman–Crippen LogP) is 2.42. The fourth-order valence-electron chi connectivity index (χ4n) is 2.40. The van der Waals surface area contributed by atoms with E-state index in [0.29, 0.717) is 5.69 Å². The van der Waals surface area contributed by atoms with Gasteiger partial charge in [0.05, 0.1) is 5.56 Å². The SMILES string of the molecule is CCC1CCCN1C(=O)c1cc(F)ccc1N. The number of anilines is 1. The predicted molar refractivity (Wildman–Crippen MR) is 65.2 cm³/mol. The number of likely N-dealkylation sites (tertiary alicyclic amines) is 1. The van der Waals surface area contributed by atoms with Gasteiger partial charge in [-0.15, -0.1) is 0 Å². The van der Waals surface area contributed by atoms with Crippen molar-refractivity contribution in [3.63, 3.8) is 0 Å². The Morgan fingerprint density at radius 1 is 1.59 bits per heavy atom. The molecule has 0 aromatic heterocycles. The van der Waals surface area contributed by atoms with Gasteiger partial charge in [0, 0.05) is 18.3 Å². The Labute approximate surface area is 100 Å². The fraction of sp³-hybridized carbons (Fsp3) is 0.462. The molecule has 1 aromatic carbocycles. The Morgan fingerprint density at radius 2 is 2.35 bits per heavy atom. The van der Waals surface area contributed by atoms with Gasteiger partial charge in [-0.2, -0.15) is 0 Å². The highest BCUT2D eigenvalue weighted by Gasteiger charge is 2.29. The van der Waals surface area contributed by atoms with Crippen LogP contribution in [0.5, 0.6) is 0 Å². The highest BCUT2D eigenvalue weighted by Crippen LogP contribution is 2.24. The minimum atomic E-state index is -0.421. The molecule has 92 valence electrons. The van der Waals surface area contributed by atoms with Crippen molar-refractivity contribution in [2.75, 3.05) is 12.3 Å². The fourth-order valence-corrected chi connectivity index (χ4v) is 2.40. The number of hydrogen-bond acceptors (Lipinski definition) is 2. The van der Waals surface area contributed by atoms with Gasteiger partial charge in [0.15, 0.2) is 0 Å². The molecule has 1 heterocycles. The Balaban J connectivity index is 2.27. The van der Waals surface area contributed by atoms with E-state index in [-0.39, 0.29) is 17.5 Å². The van der Waals surface area contributed by atoms with E-state index < -0.39 is 5.82 Å². The zero-order valence-electron chi connectivity index (χ0n) is 9.95. The molecule has 0 saturated carbocycles. The first-order chi connectivity index (χ1) is 8.13. The second-order valence-electron chi connectivity index (χ2n) is 4.43. The summed E-state index contributed by atoms with van der Waals surface area (Å²) >= 11 is 0. The van der Waals surface area contributed by atoms with E-state index in [2.05, 4.69) is 6.92 Å². The summed E-state index contributed by atoms with van der Waals surface area (Å²) in [5.74, 6) is -0.568. The van der Waals surface area contributed by atoms with Gasteiger partial charge in [-0.25, -0.2) is 4.39 Å². The van der Waals surface area contributed by atoms with Crippen LogP contribution < -0.4 is 5.73 Å². The van der Waals surface area contributed by atoms with E-state index in [4.69, 9.17) is 5.73 Å². The summed E-state index contributed by atoms with van der Waals surface area (Å²) in [5.41, 5.74) is 6.36. The highest BCUT2D eigenvalue weighted by atomic mass is 19.1. The lowest BCUT2D eigenvalue weighted by molar-refractivity contribution is 0.0734. The van der Waals surface area contributed by atoms with Gasteiger partial charge in [-0.1, -0.05) is 6.92 Å². The number of rotatable bonds is 2. The molecule has 0 radical (unpaired) electrons. The lowest BCUT2D eigenvalue weighted by Gasteiger charge is -2.24. The van der Waals surface area contributed by atoms with Crippen LogP contribution in [-0.4, -0.2) is 23.4 Å². The summed E-state index contributed by atoms with van der Waals surface area (Å²) in [5, 5.41) is 0. The molecule has 1 atom stereocenters. The van der Waals surface area contributed by atoms with Crippen LogP contribution in [0.3, 0.4) is 0 Å². The Kier molecular flexibility index (Phi) is 3.31. The van der Waals surface area contributed by atoms with Crippen molar-refractivity contribution in [1.29, 1.82) is 0 Å². The highest BCUT2D eigenvalue weighted by molar-refractivity contribution is 5.99. The molecular formula is C13H17FN2O. The molecular weight excluding hydrogens is 219 g/mol. The summed E-state index contributed by atoms with van der Waals surface area (Å²) in [7, 11) is 0. The van der Waals surface area contributed by atoms with E-state index in [9.17, 15) is 9.18 Å². The number of halogens is 1. The molecule has 1 saturated heterocycles. The zero-order chi connectivity index (χ0) is 12.4. The normalized spacial score (nSPS) is 19.6. The number of carbonyl (C=O) groups is 1. The summed E-state index contributed by atoms with van der Waals surface area (Å²) in [6, 6.07) is 4.21. The standard InChI is InChI=1S/C13H17FN2O/c1-2-10-4-3-7-16(10)13(17)11-8-9(14)5-6-12(11)15/h5-6,8,10H,2-4,7,15H2,1H3. The summed E-state index contributed by atoms with van der Waals surface area (Å²) in [6.45, 7) is 2.80. The maximum absolute atomic E-state index is 13.1. The first kappa shape index (κ1) is 11.9. The van der Waals surface area contributed by atoms with E-state index in [1.807, 2.05) is 4.90 Å². The average molecular weight is 236 g/mol. The molecule has 1 fully saturated rings. The Hall–Kier alpha value is -1.58. The van der Waals surface area contributed by atoms with Gasteiger partial charge in [0.25, 0.3) is 5.91 Å². The first-order valence-electron chi connectivity index (χ1n) is 5.99. The van der Waals surface area contributed by atoms with Gasteiger partial charge in [0.1, 0.15) is 5.82 Å². The molecule has 1 unspecified atom stereocenters. The monoisotopic (exact) mass is 236 g/mol. The van der Waals surface area contributed by atoms with Gasteiger partial charge in [-0.3, -0.25) is 4.79 Å². The Morgan fingerprint density at radius 3 is 3.06 bits per heavy atom. The number of nitrogens with zero attached hydrogens (tertiary/aromatic N) is 1. The lowest BCUT2D eigenvalue weighted by atomic mass is 10.1. The average Bonchev–Trinajstić information content (AvgIpc) is 2.79. The van der Waals surface area contributed by atoms with Crippen LogP contribution in [0.2, 0.25) is 0 Å². The number of carbonyl (C=O) groups excluding carboxylic acids is 1. The summed E-state index contributed by atoms with van der Waals surface area (Å²) in [6.07, 6.45) is 2.97. The summed E-state index contributed by atoms with van der Waals surface area (Å²) < 4.78 is 13.1. The second kappa shape index (κ2) is 4.73. The van der Waals surface area contributed by atoms with Gasteiger partial charge in [0.2, 0.25) is 0 Å². The van der Waals surface area contributed by atoms with Crippen molar-refractivity contribution in [3.8, 4) is 0 Å². The Bertz CT molecular complexity index is 433. The summed E-state index contributed by atoms with van der Waals surface area (Å²) in [4.78, 5) is 14.1. The molecule has 3 nitrogen and oxygen atoms in total. The molecule has 4 heteroatoms. The number of amides is 1. The van der Waals surface area contributed by atoms with Crippen LogP contribution in [0.25, 0.3) is 0 Å². The van der Waals surface area contributed by atoms with Crippen molar-refractivity contribution in [2.24, 2.45) is 0 Å². The van der Waals surface area contributed by atoms with Crippen molar-refractivity contribution < 1.29 is 9.18 Å². The third-order valence-corrected chi connectivity index (χ3v) is 3.35. The van der Waals surface area contributed by atoms with Gasteiger partial charge < -0.3 is 10.6 Å². The van der Waals surface area contributed by atoms with Crippen LogP contribution in [0.4, 0.5) is 10.1 Å². The largest absolute Gasteiger partial charge is 0.398 e. The molecule has 1 amide bonds. The van der Waals surface area contributed by atoms with Crippen molar-refractivity contribution >= 4 is 11.6 Å². The van der Waals surface area contributed by atoms with Gasteiger partial charge >= 0.3 is 0 Å². The smallest absolute Gasteiger partial charge is 0.256 e. The molecule has 1 aliphatic heterocycles. The molecule has 0 aliphatic carbocycles. The molecule has 0 bridgehead atoms. The van der Waals surface area contributed by atoms with Crippen molar-refractivity contribution in [2.45, 2.75) is 32.2 Å². The maximum Gasteiger partial charge on any atom is 0.256 e. The molecule has 0 spiro atoms. The molecule has 2 N–H and O–H groups in total. The molecule has 17 heavy (non-hydrogen) atoms. The van der Waals surface area contributed by atoms with E-state index in [1.165, 1.54) is 18.2 Å². The minimum absolute atomic E-state index is 0.147. The number of hydrogen-bond donors (Lipinski definition) is 1. The maximum atomic E-state index is 13.1. The van der Waals surface area contributed by atoms with Crippen LogP contribution in [0.1, 0.15) is 36.5 Å². The van der Waals surface area contributed by atoms with Crippen LogP contribution in [0.15, 0.2) is 18.2 Å².